The molecule has 4 amide bonds. The summed E-state index contributed by atoms with van der Waals surface area (Å²) in [7, 11) is 0. The van der Waals surface area contributed by atoms with Gasteiger partial charge >= 0.3 is 0 Å². The third-order valence-corrected chi connectivity index (χ3v) is 5.21. The van der Waals surface area contributed by atoms with Crippen molar-refractivity contribution in [3.63, 3.8) is 0 Å². The minimum Gasteiger partial charge on any atom is -0.374 e. The lowest BCUT2D eigenvalue weighted by Gasteiger charge is -2.27. The van der Waals surface area contributed by atoms with Crippen LogP contribution in [0.2, 0.25) is 0 Å². The molecule has 3 aliphatic heterocycles. The first kappa shape index (κ1) is 18.7. The number of fused-ring (bicyclic) bond motifs is 1. The molecule has 0 spiro atoms. The van der Waals surface area contributed by atoms with Gasteiger partial charge in [-0.2, -0.15) is 0 Å². The summed E-state index contributed by atoms with van der Waals surface area (Å²) in [5.74, 6) is -1.97. The molecule has 9 nitrogen and oxygen atoms in total. The number of hydrogen-bond donors (Lipinski definition) is 3. The Hall–Kier alpha value is -2.62. The predicted molar refractivity (Wildman–Crippen MR) is 97.4 cm³/mol. The fraction of sp³-hybridized carbons (Fsp3) is 0.474. The molecule has 1 aromatic rings. The zero-order valence-corrected chi connectivity index (χ0v) is 15.3. The number of benzene rings is 1. The van der Waals surface area contributed by atoms with Crippen molar-refractivity contribution in [3.8, 4) is 0 Å². The standard InChI is InChI=1S/C19H22N4O5/c24-16-4-3-15(17(25)22-16)23-18(26)13-2-1-11(7-14(13)19(23)27)8-21-10-12-9-20-5-6-28-12/h1-2,7,12,15,20-21H,3-6,8-10H2,(H,22,24,25). The van der Waals surface area contributed by atoms with Crippen LogP contribution >= 0.6 is 0 Å². The third kappa shape index (κ3) is 3.56. The van der Waals surface area contributed by atoms with Crippen LogP contribution in [-0.4, -0.2) is 66.9 Å². The number of carbonyl (C=O) groups is 4. The topological polar surface area (TPSA) is 117 Å². The van der Waals surface area contributed by atoms with E-state index in [4.69, 9.17) is 4.74 Å². The molecule has 3 N–H and O–H groups in total. The molecular formula is C19H22N4O5. The first-order valence-electron chi connectivity index (χ1n) is 9.42. The summed E-state index contributed by atoms with van der Waals surface area (Å²) in [6.07, 6.45) is 0.367. The summed E-state index contributed by atoms with van der Waals surface area (Å²) in [5.41, 5.74) is 1.46. The number of piperidine rings is 1. The van der Waals surface area contributed by atoms with E-state index in [-0.39, 0.29) is 24.9 Å². The Morgan fingerprint density at radius 2 is 1.96 bits per heavy atom. The number of ether oxygens (including phenoxy) is 1. The molecular weight excluding hydrogens is 364 g/mol. The van der Waals surface area contributed by atoms with Crippen LogP contribution in [0.4, 0.5) is 0 Å². The molecule has 0 aromatic heterocycles. The van der Waals surface area contributed by atoms with Crippen LogP contribution in [0, 0.1) is 0 Å². The summed E-state index contributed by atoms with van der Waals surface area (Å²) in [6.45, 7) is 3.57. The summed E-state index contributed by atoms with van der Waals surface area (Å²) < 4.78 is 5.63. The Morgan fingerprint density at radius 3 is 2.71 bits per heavy atom. The van der Waals surface area contributed by atoms with Gasteiger partial charge in [0.1, 0.15) is 6.04 Å². The minimum atomic E-state index is -0.942. The van der Waals surface area contributed by atoms with Crippen LogP contribution in [0.15, 0.2) is 18.2 Å². The molecule has 0 bridgehead atoms. The monoisotopic (exact) mass is 386 g/mol. The molecule has 1 aromatic carbocycles. The Kier molecular flexibility index (Phi) is 5.21. The van der Waals surface area contributed by atoms with Crippen molar-refractivity contribution >= 4 is 23.6 Å². The Morgan fingerprint density at radius 1 is 1.14 bits per heavy atom. The van der Waals surface area contributed by atoms with Crippen molar-refractivity contribution in [2.24, 2.45) is 0 Å². The smallest absolute Gasteiger partial charge is 0.262 e. The molecule has 3 aliphatic rings. The number of morpholine rings is 1. The van der Waals surface area contributed by atoms with Crippen LogP contribution in [0.1, 0.15) is 39.1 Å². The van der Waals surface area contributed by atoms with E-state index >= 15 is 0 Å². The number of imide groups is 2. The Labute approximate surface area is 161 Å². The molecule has 2 unspecified atom stereocenters. The Bertz CT molecular complexity index is 834. The first-order chi connectivity index (χ1) is 13.5. The second-order valence-corrected chi connectivity index (χ2v) is 7.15. The van der Waals surface area contributed by atoms with Gasteiger partial charge in [0.05, 0.1) is 23.8 Å². The van der Waals surface area contributed by atoms with Crippen molar-refractivity contribution in [2.45, 2.75) is 31.5 Å². The van der Waals surface area contributed by atoms with Crippen molar-refractivity contribution in [2.75, 3.05) is 26.2 Å². The van der Waals surface area contributed by atoms with Crippen molar-refractivity contribution in [1.82, 2.24) is 20.9 Å². The lowest BCUT2D eigenvalue weighted by Crippen LogP contribution is -2.54. The van der Waals surface area contributed by atoms with Gasteiger partial charge in [-0.05, 0) is 24.1 Å². The van der Waals surface area contributed by atoms with Gasteiger partial charge in [0.2, 0.25) is 11.8 Å². The zero-order chi connectivity index (χ0) is 19.7. The number of nitrogens with zero attached hydrogens (tertiary/aromatic N) is 1. The number of rotatable bonds is 5. The fourth-order valence-electron chi connectivity index (χ4n) is 3.76. The second-order valence-electron chi connectivity index (χ2n) is 7.15. The maximum atomic E-state index is 12.8. The van der Waals surface area contributed by atoms with E-state index in [0.717, 1.165) is 23.6 Å². The van der Waals surface area contributed by atoms with Crippen LogP contribution in [0.5, 0.6) is 0 Å². The molecule has 0 radical (unpaired) electrons. The molecule has 28 heavy (non-hydrogen) atoms. The molecule has 148 valence electrons. The molecule has 2 atom stereocenters. The van der Waals surface area contributed by atoms with Crippen molar-refractivity contribution in [3.05, 3.63) is 34.9 Å². The quantitative estimate of drug-likeness (QED) is 0.565. The first-order valence-corrected chi connectivity index (χ1v) is 9.42. The van der Waals surface area contributed by atoms with E-state index in [1.807, 2.05) is 0 Å². The number of amides is 4. The molecule has 0 saturated carbocycles. The van der Waals surface area contributed by atoms with Gasteiger partial charge in [0, 0.05) is 32.6 Å². The average molecular weight is 386 g/mol. The van der Waals surface area contributed by atoms with Crippen LogP contribution in [0.25, 0.3) is 0 Å². The van der Waals surface area contributed by atoms with Gasteiger partial charge in [-0.15, -0.1) is 0 Å². The van der Waals surface area contributed by atoms with Crippen LogP contribution in [0.3, 0.4) is 0 Å². The fourth-order valence-corrected chi connectivity index (χ4v) is 3.76. The number of hydrogen-bond acceptors (Lipinski definition) is 7. The maximum Gasteiger partial charge on any atom is 0.262 e. The molecule has 0 aliphatic carbocycles. The maximum absolute atomic E-state index is 12.8. The Balaban J connectivity index is 1.43. The minimum absolute atomic E-state index is 0.106. The van der Waals surface area contributed by atoms with Crippen molar-refractivity contribution < 1.29 is 23.9 Å². The summed E-state index contributed by atoms with van der Waals surface area (Å²) in [5, 5.41) is 8.76. The lowest BCUT2D eigenvalue weighted by atomic mass is 10.0. The average Bonchev–Trinajstić information content (AvgIpc) is 2.93. The van der Waals surface area contributed by atoms with Crippen LogP contribution in [-0.2, 0) is 20.9 Å². The lowest BCUT2D eigenvalue weighted by molar-refractivity contribution is -0.136. The highest BCUT2D eigenvalue weighted by atomic mass is 16.5. The van der Waals surface area contributed by atoms with Gasteiger partial charge in [-0.25, -0.2) is 0 Å². The SMILES string of the molecule is O=C1CCC(N2C(=O)c3ccc(CNCC4CNCCO4)cc3C2=O)C(=O)N1. The van der Waals surface area contributed by atoms with Crippen LogP contribution < -0.4 is 16.0 Å². The van der Waals surface area contributed by atoms with E-state index in [1.54, 1.807) is 18.2 Å². The molecule has 3 heterocycles. The highest BCUT2D eigenvalue weighted by Gasteiger charge is 2.44. The molecule has 2 fully saturated rings. The van der Waals surface area contributed by atoms with E-state index < -0.39 is 23.8 Å². The number of nitrogens with one attached hydrogen (secondary N) is 3. The molecule has 9 heteroatoms. The summed E-state index contributed by atoms with van der Waals surface area (Å²) >= 11 is 0. The second kappa shape index (κ2) is 7.78. The molecule has 4 rings (SSSR count). The van der Waals surface area contributed by atoms with E-state index in [2.05, 4.69) is 16.0 Å². The normalized spacial score (nSPS) is 25.1. The van der Waals surface area contributed by atoms with Gasteiger partial charge < -0.3 is 15.4 Å². The van der Waals surface area contributed by atoms with Crippen molar-refractivity contribution in [1.29, 1.82) is 0 Å². The van der Waals surface area contributed by atoms with Gasteiger partial charge in [0.15, 0.2) is 0 Å². The van der Waals surface area contributed by atoms with E-state index in [0.29, 0.717) is 30.8 Å². The summed E-state index contributed by atoms with van der Waals surface area (Å²) in [4.78, 5) is 49.9. The van der Waals surface area contributed by atoms with Gasteiger partial charge in [-0.3, -0.25) is 29.4 Å². The highest BCUT2D eigenvalue weighted by Crippen LogP contribution is 2.28. The molecule has 2 saturated heterocycles. The third-order valence-electron chi connectivity index (χ3n) is 5.21. The van der Waals surface area contributed by atoms with Gasteiger partial charge in [-0.1, -0.05) is 6.07 Å². The van der Waals surface area contributed by atoms with E-state index in [1.165, 1.54) is 0 Å². The largest absolute Gasteiger partial charge is 0.374 e. The highest BCUT2D eigenvalue weighted by molar-refractivity contribution is 6.23. The van der Waals surface area contributed by atoms with E-state index in [9.17, 15) is 19.2 Å². The zero-order valence-electron chi connectivity index (χ0n) is 15.3. The van der Waals surface area contributed by atoms with Gasteiger partial charge in [0.25, 0.3) is 11.8 Å². The number of carbonyl (C=O) groups excluding carboxylic acids is 4. The summed E-state index contributed by atoms with van der Waals surface area (Å²) in [6, 6.07) is 4.17. The predicted octanol–water partition coefficient (Wildman–Crippen LogP) is -0.834.